The second-order valence-corrected chi connectivity index (χ2v) is 4.56. The lowest BCUT2D eigenvalue weighted by Gasteiger charge is -2.09. The Morgan fingerprint density at radius 2 is 1.79 bits per heavy atom. The molecule has 1 radical (unpaired) electrons. The second kappa shape index (κ2) is 7.76. The van der Waals surface area contributed by atoms with E-state index in [1.807, 2.05) is 0 Å². The van der Waals surface area contributed by atoms with E-state index in [2.05, 4.69) is 16.1 Å². The van der Waals surface area contributed by atoms with Crippen LogP contribution < -0.4 is 4.74 Å². The van der Waals surface area contributed by atoms with E-state index in [-0.39, 0.29) is 23.5 Å². The molecule has 0 fully saturated rings. The minimum atomic E-state index is -4.79. The maximum Gasteiger partial charge on any atom is 0.573 e. The summed E-state index contributed by atoms with van der Waals surface area (Å²) in [6, 6.07) is 10.8. The third kappa shape index (κ3) is 5.53. The van der Waals surface area contributed by atoms with E-state index >= 15 is 0 Å². The minimum Gasteiger partial charge on any atom is -0.406 e. The van der Waals surface area contributed by atoms with Crippen LogP contribution >= 0.6 is 0 Å². The van der Waals surface area contributed by atoms with Crippen molar-refractivity contribution in [2.24, 2.45) is 5.16 Å². The molecule has 0 aliphatic carbocycles. The molecule has 0 saturated carbocycles. The van der Waals surface area contributed by atoms with Gasteiger partial charge in [0.1, 0.15) is 18.6 Å². The fourth-order valence-electron chi connectivity index (χ4n) is 1.81. The molecule has 2 aromatic rings. The Balaban J connectivity index is 1.96. The van der Waals surface area contributed by atoms with E-state index in [0.29, 0.717) is 5.56 Å². The van der Waals surface area contributed by atoms with Crippen LogP contribution in [0, 0.1) is 0 Å². The van der Waals surface area contributed by atoms with Crippen LogP contribution in [-0.4, -0.2) is 12.6 Å². The van der Waals surface area contributed by atoms with Crippen LogP contribution in [0.2, 0.25) is 0 Å². The molecule has 0 spiro atoms. The van der Waals surface area contributed by atoms with Gasteiger partial charge >= 0.3 is 6.36 Å². The number of rotatable bonds is 6. The van der Waals surface area contributed by atoms with Gasteiger partial charge in [0.05, 0.1) is 0 Å². The molecule has 2 rings (SSSR count). The highest BCUT2D eigenvalue weighted by molar-refractivity contribution is 5.81. The van der Waals surface area contributed by atoms with Gasteiger partial charge < -0.3 is 9.57 Å². The van der Waals surface area contributed by atoms with Gasteiger partial charge in [-0.3, -0.25) is 0 Å². The number of halogens is 5. The Kier molecular flexibility index (Phi) is 5.73. The highest BCUT2D eigenvalue weighted by Crippen LogP contribution is 2.24. The zero-order valence-electron chi connectivity index (χ0n) is 12.1. The summed E-state index contributed by atoms with van der Waals surface area (Å²) in [6.07, 6.45) is -5.14. The lowest BCUT2D eigenvalue weighted by Crippen LogP contribution is -2.17. The number of hydrogen-bond acceptors (Lipinski definition) is 3. The van der Waals surface area contributed by atoms with Crippen molar-refractivity contribution in [2.75, 3.05) is 0 Å². The van der Waals surface area contributed by atoms with Crippen molar-refractivity contribution < 1.29 is 31.5 Å². The van der Waals surface area contributed by atoms with Crippen molar-refractivity contribution in [3.63, 3.8) is 0 Å². The molecule has 0 bridgehead atoms. The van der Waals surface area contributed by atoms with E-state index in [4.69, 9.17) is 4.84 Å². The lowest BCUT2D eigenvalue weighted by molar-refractivity contribution is -0.274. The first-order chi connectivity index (χ1) is 11.3. The van der Waals surface area contributed by atoms with Crippen LogP contribution in [0.1, 0.15) is 23.1 Å². The predicted octanol–water partition coefficient (Wildman–Crippen LogP) is 4.95. The summed E-state index contributed by atoms with van der Waals surface area (Å²) in [5.41, 5.74) is 0.191. The van der Waals surface area contributed by atoms with Crippen molar-refractivity contribution in [2.45, 2.75) is 19.4 Å². The largest absolute Gasteiger partial charge is 0.573 e. The number of alkyl halides is 5. The van der Waals surface area contributed by atoms with Gasteiger partial charge in [-0.25, -0.2) is 8.78 Å². The highest BCUT2D eigenvalue weighted by Gasteiger charge is 2.31. The Morgan fingerprint density at radius 3 is 2.50 bits per heavy atom. The first-order valence-corrected chi connectivity index (χ1v) is 6.65. The maximum atomic E-state index is 12.8. The molecule has 0 atom stereocenters. The molecule has 0 aliphatic heterocycles. The Bertz CT molecular complexity index is 701. The van der Waals surface area contributed by atoms with Crippen molar-refractivity contribution in [1.82, 2.24) is 0 Å². The van der Waals surface area contributed by atoms with Gasteiger partial charge in [0, 0.05) is 11.1 Å². The maximum absolute atomic E-state index is 12.8. The van der Waals surface area contributed by atoms with Crippen LogP contribution in [0.25, 0.3) is 0 Å². The molecule has 0 unspecified atom stereocenters. The Morgan fingerprint density at radius 1 is 1.04 bits per heavy atom. The molecule has 127 valence electrons. The van der Waals surface area contributed by atoms with Crippen molar-refractivity contribution in [3.05, 3.63) is 65.2 Å². The Hall–Kier alpha value is -2.64. The van der Waals surface area contributed by atoms with E-state index in [1.54, 1.807) is 6.07 Å². The minimum absolute atomic E-state index is 0.0710. The van der Waals surface area contributed by atoms with Crippen molar-refractivity contribution in [1.29, 1.82) is 0 Å². The molecule has 3 nitrogen and oxygen atoms in total. The molecule has 0 amide bonds. The molecule has 2 aromatic carbocycles. The highest BCUT2D eigenvalue weighted by atomic mass is 19.4. The van der Waals surface area contributed by atoms with Gasteiger partial charge in [-0.2, -0.15) is 0 Å². The van der Waals surface area contributed by atoms with Crippen LogP contribution in [0.4, 0.5) is 22.0 Å². The first kappa shape index (κ1) is 17.7. The van der Waals surface area contributed by atoms with E-state index in [9.17, 15) is 22.0 Å². The summed E-state index contributed by atoms with van der Waals surface area (Å²) < 4.78 is 65.7. The standard InChI is InChI=1S/C16H11F5NO2/c17-15(18)14-7-2-1-5-12(14)9-22-23-10-11-4-3-6-13(8-11)24-16(19,20)21/h1-8,15H,10H2. The molecule has 24 heavy (non-hydrogen) atoms. The van der Waals surface area contributed by atoms with E-state index in [0.717, 1.165) is 12.1 Å². The van der Waals surface area contributed by atoms with Crippen LogP contribution in [0.3, 0.4) is 0 Å². The van der Waals surface area contributed by atoms with Gasteiger partial charge in [0.2, 0.25) is 0 Å². The molecule has 0 N–H and O–H groups in total. The third-order valence-corrected chi connectivity index (χ3v) is 2.79. The number of ether oxygens (including phenoxy) is 1. The van der Waals surface area contributed by atoms with Crippen LogP contribution in [0.15, 0.2) is 53.7 Å². The lowest BCUT2D eigenvalue weighted by atomic mass is 10.1. The zero-order valence-corrected chi connectivity index (χ0v) is 12.1. The molecule has 0 saturated heterocycles. The molecule has 0 heterocycles. The third-order valence-electron chi connectivity index (χ3n) is 2.79. The fourth-order valence-corrected chi connectivity index (χ4v) is 1.81. The van der Waals surface area contributed by atoms with E-state index < -0.39 is 12.8 Å². The van der Waals surface area contributed by atoms with E-state index in [1.165, 1.54) is 30.3 Å². The summed E-state index contributed by atoms with van der Waals surface area (Å²) in [5.74, 6) is -0.389. The van der Waals surface area contributed by atoms with Gasteiger partial charge in [-0.15, -0.1) is 13.2 Å². The average Bonchev–Trinajstić information content (AvgIpc) is 2.50. The molecule has 0 aromatic heterocycles. The van der Waals surface area contributed by atoms with Crippen molar-refractivity contribution >= 4 is 6.21 Å². The van der Waals surface area contributed by atoms with Crippen LogP contribution in [-0.2, 0) is 11.4 Å². The number of benzene rings is 2. The van der Waals surface area contributed by atoms with Crippen molar-refractivity contribution in [3.8, 4) is 5.75 Å². The first-order valence-electron chi connectivity index (χ1n) is 6.65. The van der Waals surface area contributed by atoms with Gasteiger partial charge in [-0.05, 0) is 17.7 Å². The summed E-state index contributed by atoms with van der Waals surface area (Å²) in [4.78, 5) is 4.88. The molecule has 0 aliphatic rings. The normalized spacial score (nSPS) is 11.9. The van der Waals surface area contributed by atoms with Gasteiger partial charge in [0.25, 0.3) is 6.43 Å². The summed E-state index contributed by atoms with van der Waals surface area (Å²) in [5, 5.41) is 3.44. The second-order valence-electron chi connectivity index (χ2n) is 4.56. The predicted molar refractivity (Wildman–Crippen MR) is 75.9 cm³/mol. The molecular weight excluding hydrogens is 333 g/mol. The zero-order chi connectivity index (χ0) is 17.6. The topological polar surface area (TPSA) is 30.8 Å². The summed E-state index contributed by atoms with van der Waals surface area (Å²) in [6.45, 7) is -0.168. The summed E-state index contributed by atoms with van der Waals surface area (Å²) in [7, 11) is 0. The monoisotopic (exact) mass is 344 g/mol. The van der Waals surface area contributed by atoms with Gasteiger partial charge in [-0.1, -0.05) is 41.6 Å². The van der Waals surface area contributed by atoms with Gasteiger partial charge in [0.15, 0.2) is 0 Å². The quantitative estimate of drug-likeness (QED) is 0.422. The Labute approximate surface area is 134 Å². The number of hydrogen-bond donors (Lipinski definition) is 0. The smallest absolute Gasteiger partial charge is 0.406 e. The average molecular weight is 344 g/mol. The molecule has 8 heteroatoms. The summed E-state index contributed by atoms with van der Waals surface area (Å²) >= 11 is 0. The van der Waals surface area contributed by atoms with Crippen LogP contribution in [0.5, 0.6) is 5.75 Å². The number of nitrogens with zero attached hydrogens (tertiary/aromatic N) is 1. The molecular formula is C16H11F5NO2. The fraction of sp³-hybridized carbons (Fsp3) is 0.188. The SMILES string of the molecule is FC(F)c1ccccc1/[C]=N\OCc1cccc(OC(F)(F)F)c1.